The summed E-state index contributed by atoms with van der Waals surface area (Å²) in [5.41, 5.74) is 4.50. The number of halogens is 1. The first-order valence-electron chi connectivity index (χ1n) is 6.62. The molecule has 0 radical (unpaired) electrons. The number of hydrogen-bond donors (Lipinski definition) is 2. The minimum absolute atomic E-state index is 0.150. The van der Waals surface area contributed by atoms with Gasteiger partial charge in [0.05, 0.1) is 11.3 Å². The molecular weight excluding hydrogens is 334 g/mol. The summed E-state index contributed by atoms with van der Waals surface area (Å²) in [6, 6.07) is 7.99. The SMILES string of the molecule is Cc1[nH]nc2c1C(c1cccc(Br)c1)C1=C(COC1=O)N2. The van der Waals surface area contributed by atoms with Crippen molar-refractivity contribution in [1.29, 1.82) is 0 Å². The lowest BCUT2D eigenvalue weighted by molar-refractivity contribution is -0.136. The highest BCUT2D eigenvalue weighted by Gasteiger charge is 2.40. The number of ether oxygens (including phenoxy) is 1. The summed E-state index contributed by atoms with van der Waals surface area (Å²) in [6.45, 7) is 2.24. The number of hydrogen-bond acceptors (Lipinski definition) is 4. The van der Waals surface area contributed by atoms with E-state index in [-0.39, 0.29) is 18.5 Å². The molecule has 2 N–H and O–H groups in total. The summed E-state index contributed by atoms with van der Waals surface area (Å²) in [4.78, 5) is 12.2. The number of carbonyl (C=O) groups is 1. The van der Waals surface area contributed by atoms with Crippen molar-refractivity contribution in [3.8, 4) is 0 Å². The molecule has 0 spiro atoms. The van der Waals surface area contributed by atoms with Crippen LogP contribution in [0.1, 0.15) is 22.7 Å². The Bertz CT molecular complexity index is 794. The standard InChI is InChI=1S/C15H12BrN3O2/c1-7-11-12(8-3-2-4-9(16)5-8)13-10(6-21-15(13)20)17-14(11)19-18-7/h2-5,12H,6H2,1H3,(H2,17,18,19). The molecule has 1 aromatic heterocycles. The molecule has 5 nitrogen and oxygen atoms in total. The molecule has 0 saturated carbocycles. The summed E-state index contributed by atoms with van der Waals surface area (Å²) >= 11 is 3.49. The molecule has 1 atom stereocenters. The number of nitrogens with one attached hydrogen (secondary N) is 2. The van der Waals surface area contributed by atoms with Crippen molar-refractivity contribution in [3.63, 3.8) is 0 Å². The molecule has 0 amide bonds. The van der Waals surface area contributed by atoms with Crippen LogP contribution in [0.3, 0.4) is 0 Å². The molecule has 106 valence electrons. The van der Waals surface area contributed by atoms with E-state index in [0.717, 1.165) is 32.8 Å². The third kappa shape index (κ3) is 1.82. The second kappa shape index (κ2) is 4.46. The molecule has 0 saturated heterocycles. The highest BCUT2D eigenvalue weighted by Crippen LogP contribution is 2.44. The van der Waals surface area contributed by atoms with Crippen LogP contribution in [-0.4, -0.2) is 22.8 Å². The number of rotatable bonds is 1. The fraction of sp³-hybridized carbons (Fsp3) is 0.200. The average molecular weight is 346 g/mol. The smallest absolute Gasteiger partial charge is 0.337 e. The molecule has 6 heteroatoms. The van der Waals surface area contributed by atoms with Gasteiger partial charge in [0.15, 0.2) is 5.82 Å². The van der Waals surface area contributed by atoms with Crippen molar-refractivity contribution in [2.24, 2.45) is 0 Å². The van der Waals surface area contributed by atoms with E-state index in [4.69, 9.17) is 4.74 Å². The normalized spacial score (nSPS) is 19.9. The van der Waals surface area contributed by atoms with Crippen LogP contribution in [0, 0.1) is 6.92 Å². The quantitative estimate of drug-likeness (QED) is 0.780. The Morgan fingerprint density at radius 3 is 3.10 bits per heavy atom. The lowest BCUT2D eigenvalue weighted by atomic mass is 9.82. The summed E-state index contributed by atoms with van der Waals surface area (Å²) in [6.07, 6.45) is 0. The summed E-state index contributed by atoms with van der Waals surface area (Å²) in [5, 5.41) is 10.5. The Morgan fingerprint density at radius 1 is 1.43 bits per heavy atom. The van der Waals surface area contributed by atoms with Gasteiger partial charge < -0.3 is 10.1 Å². The number of cyclic esters (lactones) is 1. The molecule has 0 bridgehead atoms. The second-order valence-corrected chi connectivity index (χ2v) is 6.11. The highest BCUT2D eigenvalue weighted by molar-refractivity contribution is 9.10. The van der Waals surface area contributed by atoms with E-state index < -0.39 is 0 Å². The van der Waals surface area contributed by atoms with Gasteiger partial charge in [0.25, 0.3) is 0 Å². The molecule has 3 heterocycles. The molecule has 2 aliphatic rings. The van der Waals surface area contributed by atoms with Gasteiger partial charge in [0.1, 0.15) is 6.61 Å². The molecule has 2 aromatic rings. The van der Waals surface area contributed by atoms with E-state index in [1.165, 1.54) is 0 Å². The molecule has 1 aromatic carbocycles. The van der Waals surface area contributed by atoms with Gasteiger partial charge in [-0.25, -0.2) is 4.79 Å². The maximum absolute atomic E-state index is 12.2. The molecule has 4 rings (SSSR count). The number of aryl methyl sites for hydroxylation is 1. The lowest BCUT2D eigenvalue weighted by Gasteiger charge is -2.24. The zero-order chi connectivity index (χ0) is 14.6. The van der Waals surface area contributed by atoms with Crippen LogP contribution in [0.2, 0.25) is 0 Å². The average Bonchev–Trinajstić information content (AvgIpc) is 3.02. The van der Waals surface area contributed by atoms with Crippen LogP contribution >= 0.6 is 15.9 Å². The van der Waals surface area contributed by atoms with Crippen LogP contribution in [-0.2, 0) is 9.53 Å². The maximum Gasteiger partial charge on any atom is 0.337 e. The van der Waals surface area contributed by atoms with E-state index in [1.807, 2.05) is 31.2 Å². The molecule has 21 heavy (non-hydrogen) atoms. The van der Waals surface area contributed by atoms with Gasteiger partial charge in [0, 0.05) is 21.6 Å². The third-order valence-corrected chi connectivity index (χ3v) is 4.41. The van der Waals surface area contributed by atoms with E-state index in [2.05, 4.69) is 31.4 Å². The van der Waals surface area contributed by atoms with Crippen LogP contribution < -0.4 is 5.32 Å². The number of aromatic amines is 1. The van der Waals surface area contributed by atoms with Crippen LogP contribution in [0.15, 0.2) is 40.0 Å². The largest absolute Gasteiger partial charge is 0.456 e. The maximum atomic E-state index is 12.2. The van der Waals surface area contributed by atoms with E-state index >= 15 is 0 Å². The van der Waals surface area contributed by atoms with Crippen molar-refractivity contribution < 1.29 is 9.53 Å². The molecule has 0 aliphatic carbocycles. The molecule has 1 unspecified atom stereocenters. The van der Waals surface area contributed by atoms with Gasteiger partial charge in [-0.1, -0.05) is 28.1 Å². The lowest BCUT2D eigenvalue weighted by Crippen LogP contribution is -2.19. The first-order valence-corrected chi connectivity index (χ1v) is 7.42. The molecule has 0 fully saturated rings. The fourth-order valence-electron chi connectivity index (χ4n) is 3.00. The molecular formula is C15H12BrN3O2. The zero-order valence-corrected chi connectivity index (χ0v) is 12.8. The van der Waals surface area contributed by atoms with Gasteiger partial charge >= 0.3 is 5.97 Å². The van der Waals surface area contributed by atoms with Gasteiger partial charge in [-0.15, -0.1) is 0 Å². The predicted octanol–water partition coefficient (Wildman–Crippen LogP) is 2.85. The van der Waals surface area contributed by atoms with Crippen molar-refractivity contribution >= 4 is 27.7 Å². The Balaban J connectivity index is 1.96. The predicted molar refractivity (Wildman–Crippen MR) is 80.9 cm³/mol. The first kappa shape index (κ1) is 12.6. The number of esters is 1. The Morgan fingerprint density at radius 2 is 2.29 bits per heavy atom. The van der Waals surface area contributed by atoms with Crippen LogP contribution in [0.5, 0.6) is 0 Å². The van der Waals surface area contributed by atoms with E-state index in [0.29, 0.717) is 5.57 Å². The number of anilines is 1. The number of nitrogens with zero attached hydrogens (tertiary/aromatic N) is 1. The Labute approximate surface area is 129 Å². The number of H-pyrrole nitrogens is 1. The van der Waals surface area contributed by atoms with Gasteiger partial charge in [-0.2, -0.15) is 5.10 Å². The number of fused-ring (bicyclic) bond motifs is 1. The minimum Gasteiger partial charge on any atom is -0.456 e. The van der Waals surface area contributed by atoms with Crippen molar-refractivity contribution in [2.45, 2.75) is 12.8 Å². The monoisotopic (exact) mass is 345 g/mol. The third-order valence-electron chi connectivity index (χ3n) is 3.92. The topological polar surface area (TPSA) is 67.0 Å². The van der Waals surface area contributed by atoms with Crippen molar-refractivity contribution in [3.05, 3.63) is 56.8 Å². The Kier molecular flexibility index (Phi) is 2.68. The van der Waals surface area contributed by atoms with E-state index in [9.17, 15) is 4.79 Å². The number of carbonyl (C=O) groups excluding carboxylic acids is 1. The number of aromatic nitrogens is 2. The second-order valence-electron chi connectivity index (χ2n) is 5.19. The van der Waals surface area contributed by atoms with Crippen molar-refractivity contribution in [1.82, 2.24) is 10.2 Å². The van der Waals surface area contributed by atoms with E-state index in [1.54, 1.807) is 0 Å². The van der Waals surface area contributed by atoms with Gasteiger partial charge in [-0.3, -0.25) is 5.10 Å². The number of benzene rings is 1. The zero-order valence-electron chi connectivity index (χ0n) is 11.2. The summed E-state index contributed by atoms with van der Waals surface area (Å²) in [7, 11) is 0. The van der Waals surface area contributed by atoms with Crippen LogP contribution in [0.25, 0.3) is 0 Å². The van der Waals surface area contributed by atoms with Crippen molar-refractivity contribution in [2.75, 3.05) is 11.9 Å². The van der Waals surface area contributed by atoms with Crippen LogP contribution in [0.4, 0.5) is 5.82 Å². The highest BCUT2D eigenvalue weighted by atomic mass is 79.9. The fourth-order valence-corrected chi connectivity index (χ4v) is 3.42. The minimum atomic E-state index is -0.256. The summed E-state index contributed by atoms with van der Waals surface area (Å²) < 4.78 is 6.18. The van der Waals surface area contributed by atoms with Gasteiger partial charge in [-0.05, 0) is 24.6 Å². The molecule has 2 aliphatic heterocycles. The first-order chi connectivity index (χ1) is 10.1. The Hall–Kier alpha value is -2.08. The van der Waals surface area contributed by atoms with Gasteiger partial charge in [0.2, 0.25) is 0 Å². The summed E-state index contributed by atoms with van der Waals surface area (Å²) in [5.74, 6) is 0.366.